The molecule has 5 heteroatoms. The summed E-state index contributed by atoms with van der Waals surface area (Å²) in [6, 6.07) is 6.78. The summed E-state index contributed by atoms with van der Waals surface area (Å²) in [4.78, 5) is 12.0. The van der Waals surface area contributed by atoms with E-state index in [0.717, 1.165) is 38.0 Å². The van der Waals surface area contributed by atoms with Crippen LogP contribution in [-0.4, -0.2) is 74.3 Å². The van der Waals surface area contributed by atoms with Crippen molar-refractivity contribution >= 4 is 5.82 Å². The third-order valence-electron chi connectivity index (χ3n) is 4.76. The lowest BCUT2D eigenvalue weighted by molar-refractivity contribution is 0.115. The number of anilines is 1. The average Bonchev–Trinajstić information content (AvgIpc) is 2.56. The molecule has 0 spiro atoms. The highest BCUT2D eigenvalue weighted by atomic mass is 16.5. The van der Waals surface area contributed by atoms with Crippen molar-refractivity contribution < 1.29 is 4.74 Å². The van der Waals surface area contributed by atoms with E-state index in [1.165, 1.54) is 25.9 Å². The Labute approximate surface area is 127 Å². The van der Waals surface area contributed by atoms with E-state index >= 15 is 0 Å². The summed E-state index contributed by atoms with van der Waals surface area (Å²) >= 11 is 0. The smallest absolute Gasteiger partial charge is 0.214 e. The number of piperidine rings is 1. The monoisotopic (exact) mass is 290 g/mol. The van der Waals surface area contributed by atoms with E-state index in [4.69, 9.17) is 4.74 Å². The fraction of sp³-hybridized carbons (Fsp3) is 0.688. The first kappa shape index (κ1) is 14.6. The molecule has 1 aromatic rings. The number of rotatable bonds is 3. The van der Waals surface area contributed by atoms with Gasteiger partial charge >= 0.3 is 0 Å². The number of nitrogens with zero attached hydrogens (tertiary/aromatic N) is 4. The Morgan fingerprint density at radius 1 is 1.05 bits per heavy atom. The zero-order chi connectivity index (χ0) is 14.7. The van der Waals surface area contributed by atoms with Gasteiger partial charge in [0.2, 0.25) is 5.88 Å². The van der Waals surface area contributed by atoms with Crippen molar-refractivity contribution in [1.82, 2.24) is 14.8 Å². The highest BCUT2D eigenvalue weighted by molar-refractivity contribution is 5.41. The van der Waals surface area contributed by atoms with Crippen LogP contribution in [0.15, 0.2) is 18.2 Å². The topological polar surface area (TPSA) is 31.8 Å². The van der Waals surface area contributed by atoms with Gasteiger partial charge in [0.05, 0.1) is 7.11 Å². The highest BCUT2D eigenvalue weighted by Crippen LogP contribution is 2.21. The largest absolute Gasteiger partial charge is 0.481 e. The second kappa shape index (κ2) is 6.62. The van der Waals surface area contributed by atoms with E-state index in [1.54, 1.807) is 7.11 Å². The minimum Gasteiger partial charge on any atom is -0.481 e. The van der Waals surface area contributed by atoms with E-state index in [9.17, 15) is 0 Å². The lowest BCUT2D eigenvalue weighted by atomic mass is 10.0. The zero-order valence-corrected chi connectivity index (χ0v) is 13.2. The Hall–Kier alpha value is -1.33. The number of ether oxygens (including phenoxy) is 1. The van der Waals surface area contributed by atoms with E-state index in [-0.39, 0.29) is 0 Å². The molecule has 21 heavy (non-hydrogen) atoms. The maximum absolute atomic E-state index is 5.22. The van der Waals surface area contributed by atoms with Crippen LogP contribution in [0.3, 0.4) is 0 Å². The van der Waals surface area contributed by atoms with Gasteiger partial charge in [0.25, 0.3) is 0 Å². The van der Waals surface area contributed by atoms with Crippen molar-refractivity contribution in [3.05, 3.63) is 18.2 Å². The minimum absolute atomic E-state index is 0.699. The van der Waals surface area contributed by atoms with Crippen LogP contribution in [0.1, 0.15) is 12.8 Å². The molecule has 0 aromatic carbocycles. The van der Waals surface area contributed by atoms with E-state index in [1.807, 2.05) is 12.1 Å². The molecule has 0 atom stereocenters. The van der Waals surface area contributed by atoms with Gasteiger partial charge in [-0.05, 0) is 39.0 Å². The first-order valence-corrected chi connectivity index (χ1v) is 7.95. The molecule has 0 bridgehead atoms. The number of likely N-dealkylation sites (tertiary alicyclic amines) is 1. The van der Waals surface area contributed by atoms with Gasteiger partial charge in [-0.2, -0.15) is 4.98 Å². The Kier molecular flexibility index (Phi) is 4.60. The first-order valence-electron chi connectivity index (χ1n) is 7.95. The molecule has 2 aliphatic rings. The van der Waals surface area contributed by atoms with E-state index in [0.29, 0.717) is 5.88 Å². The molecule has 3 rings (SSSR count). The second-order valence-electron chi connectivity index (χ2n) is 6.10. The van der Waals surface area contributed by atoms with Gasteiger partial charge in [0, 0.05) is 38.3 Å². The molecule has 5 nitrogen and oxygen atoms in total. The first-order chi connectivity index (χ1) is 10.3. The molecular weight excluding hydrogens is 264 g/mol. The lowest BCUT2D eigenvalue weighted by Gasteiger charge is -2.42. The summed E-state index contributed by atoms with van der Waals surface area (Å²) in [6.45, 7) is 6.89. The molecule has 0 radical (unpaired) electrons. The summed E-state index contributed by atoms with van der Waals surface area (Å²) in [6.07, 6.45) is 2.63. The molecule has 3 heterocycles. The maximum Gasteiger partial charge on any atom is 0.214 e. The van der Waals surface area contributed by atoms with E-state index < -0.39 is 0 Å². The van der Waals surface area contributed by atoms with Gasteiger partial charge in [-0.1, -0.05) is 6.07 Å². The van der Waals surface area contributed by atoms with Gasteiger partial charge in [-0.25, -0.2) is 0 Å². The maximum atomic E-state index is 5.22. The molecule has 2 saturated heterocycles. The Morgan fingerprint density at radius 2 is 1.76 bits per heavy atom. The van der Waals surface area contributed by atoms with Gasteiger partial charge in [-0.15, -0.1) is 0 Å². The molecule has 0 N–H and O–H groups in total. The molecule has 2 aliphatic heterocycles. The average molecular weight is 290 g/mol. The van der Waals surface area contributed by atoms with Crippen LogP contribution in [0.5, 0.6) is 5.88 Å². The van der Waals surface area contributed by atoms with E-state index in [2.05, 4.69) is 32.8 Å². The van der Waals surface area contributed by atoms with Gasteiger partial charge < -0.3 is 14.5 Å². The fourth-order valence-electron chi connectivity index (χ4n) is 3.37. The van der Waals surface area contributed by atoms with Crippen molar-refractivity contribution in [3.63, 3.8) is 0 Å². The molecule has 116 valence electrons. The predicted molar refractivity (Wildman–Crippen MR) is 85.1 cm³/mol. The highest BCUT2D eigenvalue weighted by Gasteiger charge is 2.26. The van der Waals surface area contributed by atoms with Crippen LogP contribution in [0, 0.1) is 0 Å². The Bertz CT molecular complexity index is 451. The van der Waals surface area contributed by atoms with Crippen molar-refractivity contribution in [2.45, 2.75) is 18.9 Å². The van der Waals surface area contributed by atoms with Crippen LogP contribution < -0.4 is 9.64 Å². The summed E-state index contributed by atoms with van der Waals surface area (Å²) < 4.78 is 5.22. The third kappa shape index (κ3) is 3.47. The number of pyridine rings is 1. The van der Waals surface area contributed by atoms with Crippen LogP contribution >= 0.6 is 0 Å². The molecule has 0 amide bonds. The van der Waals surface area contributed by atoms with Gasteiger partial charge in [0.15, 0.2) is 0 Å². The summed E-state index contributed by atoms with van der Waals surface area (Å²) in [7, 11) is 3.90. The molecule has 2 fully saturated rings. The van der Waals surface area contributed by atoms with Gasteiger partial charge in [-0.3, -0.25) is 4.90 Å². The zero-order valence-electron chi connectivity index (χ0n) is 13.2. The number of hydrogen-bond acceptors (Lipinski definition) is 5. The van der Waals surface area contributed by atoms with Crippen molar-refractivity contribution in [3.8, 4) is 5.88 Å². The van der Waals surface area contributed by atoms with Crippen LogP contribution in [-0.2, 0) is 0 Å². The Balaban J connectivity index is 1.55. The summed E-state index contributed by atoms with van der Waals surface area (Å²) in [5.41, 5.74) is 0. The number of piperazine rings is 1. The van der Waals surface area contributed by atoms with Crippen LogP contribution in [0.4, 0.5) is 5.82 Å². The number of hydrogen-bond donors (Lipinski definition) is 0. The molecule has 0 saturated carbocycles. The van der Waals surface area contributed by atoms with Gasteiger partial charge in [0.1, 0.15) is 5.82 Å². The SMILES string of the molecule is COc1cccc(N2CCN(C3CCN(C)CC3)CC2)n1. The summed E-state index contributed by atoms with van der Waals surface area (Å²) in [5, 5.41) is 0. The second-order valence-corrected chi connectivity index (χ2v) is 6.10. The molecule has 0 aliphatic carbocycles. The van der Waals surface area contributed by atoms with Crippen molar-refractivity contribution in [2.24, 2.45) is 0 Å². The minimum atomic E-state index is 0.699. The quantitative estimate of drug-likeness (QED) is 0.838. The Morgan fingerprint density at radius 3 is 2.43 bits per heavy atom. The predicted octanol–water partition coefficient (Wildman–Crippen LogP) is 1.31. The molecule has 1 aromatic heterocycles. The molecule has 0 unspecified atom stereocenters. The lowest BCUT2D eigenvalue weighted by Crippen LogP contribution is -2.53. The fourth-order valence-corrected chi connectivity index (χ4v) is 3.37. The number of aromatic nitrogens is 1. The molecular formula is C16H26N4O. The summed E-state index contributed by atoms with van der Waals surface area (Å²) in [5.74, 6) is 1.74. The number of methoxy groups -OCH3 is 1. The normalized spacial score (nSPS) is 22.5. The third-order valence-corrected chi connectivity index (χ3v) is 4.76. The van der Waals surface area contributed by atoms with Crippen molar-refractivity contribution in [1.29, 1.82) is 0 Å². The van der Waals surface area contributed by atoms with Crippen molar-refractivity contribution in [2.75, 3.05) is 58.3 Å². The standard InChI is InChI=1S/C16H26N4O/c1-18-8-6-14(7-9-18)19-10-12-20(13-11-19)15-4-3-5-16(17-15)21-2/h3-5,14H,6-13H2,1-2H3. The van der Waals surface area contributed by atoms with Crippen LogP contribution in [0.25, 0.3) is 0 Å². The van der Waals surface area contributed by atoms with Crippen LogP contribution in [0.2, 0.25) is 0 Å².